The summed E-state index contributed by atoms with van der Waals surface area (Å²) in [5, 5.41) is 3.15. The van der Waals surface area contributed by atoms with Crippen molar-refractivity contribution in [2.75, 3.05) is 59.4 Å². The molecule has 0 aromatic heterocycles. The van der Waals surface area contributed by atoms with Gasteiger partial charge in [0.1, 0.15) is 0 Å². The van der Waals surface area contributed by atoms with Gasteiger partial charge in [-0.25, -0.2) is 8.42 Å². The largest absolute Gasteiger partial charge is 0.355 e. The fourth-order valence-electron chi connectivity index (χ4n) is 5.50. The number of likely N-dealkylation sites (N-methyl/N-ethyl adjacent to an activating group) is 1. The highest BCUT2D eigenvalue weighted by atomic mass is 32.2. The highest BCUT2D eigenvalue weighted by Crippen LogP contribution is 2.48. The van der Waals surface area contributed by atoms with Gasteiger partial charge in [0.2, 0.25) is 15.9 Å². The van der Waals surface area contributed by atoms with Crippen molar-refractivity contribution < 1.29 is 13.2 Å². The van der Waals surface area contributed by atoms with Gasteiger partial charge in [-0.3, -0.25) is 9.69 Å². The van der Waals surface area contributed by atoms with E-state index in [0.29, 0.717) is 18.0 Å². The molecular formula is C23H36N4O3S. The second-order valence-corrected chi connectivity index (χ2v) is 11.5. The van der Waals surface area contributed by atoms with Crippen LogP contribution in [0.5, 0.6) is 0 Å². The third kappa shape index (κ3) is 4.97. The zero-order valence-corrected chi connectivity index (χ0v) is 19.4. The number of sulfonamides is 1. The molecular weight excluding hydrogens is 412 g/mol. The molecule has 2 heterocycles. The summed E-state index contributed by atoms with van der Waals surface area (Å²) in [6.07, 6.45) is 5.19. The molecule has 4 rings (SSSR count). The van der Waals surface area contributed by atoms with Gasteiger partial charge in [-0.1, -0.05) is 37.5 Å². The fraction of sp³-hybridized carbons (Fsp3) is 0.696. The molecule has 0 bridgehead atoms. The summed E-state index contributed by atoms with van der Waals surface area (Å²) in [7, 11) is -1.45. The molecule has 1 aliphatic carbocycles. The van der Waals surface area contributed by atoms with Crippen molar-refractivity contribution in [3.8, 4) is 0 Å². The predicted molar refractivity (Wildman–Crippen MR) is 121 cm³/mol. The number of rotatable bonds is 6. The lowest BCUT2D eigenvalue weighted by atomic mass is 9.67. The van der Waals surface area contributed by atoms with E-state index in [2.05, 4.69) is 22.2 Å². The molecule has 1 aromatic rings. The summed E-state index contributed by atoms with van der Waals surface area (Å²) >= 11 is 0. The van der Waals surface area contributed by atoms with Crippen molar-refractivity contribution in [1.29, 1.82) is 0 Å². The molecule has 3 aliphatic rings. The van der Waals surface area contributed by atoms with E-state index in [1.807, 2.05) is 6.07 Å². The Morgan fingerprint density at radius 1 is 1.06 bits per heavy atom. The first-order chi connectivity index (χ1) is 14.9. The van der Waals surface area contributed by atoms with E-state index in [-0.39, 0.29) is 23.8 Å². The average Bonchev–Trinajstić information content (AvgIpc) is 3.15. The van der Waals surface area contributed by atoms with Gasteiger partial charge in [-0.2, -0.15) is 4.31 Å². The van der Waals surface area contributed by atoms with E-state index in [4.69, 9.17) is 0 Å². The minimum absolute atomic E-state index is 0.0294. The third-order valence-corrected chi connectivity index (χ3v) is 9.31. The van der Waals surface area contributed by atoms with Gasteiger partial charge in [0.15, 0.2) is 0 Å². The van der Waals surface area contributed by atoms with Crippen LogP contribution in [0, 0.1) is 11.3 Å². The van der Waals surface area contributed by atoms with E-state index in [9.17, 15) is 13.2 Å². The minimum atomic E-state index is -3.58. The van der Waals surface area contributed by atoms with E-state index in [0.717, 1.165) is 58.4 Å². The first-order valence-electron chi connectivity index (χ1n) is 11.6. The lowest BCUT2D eigenvalue weighted by molar-refractivity contribution is -0.128. The standard InChI is InChI=1S/C23H36N4O3S/c1-25-14-16-26(17-15-25)13-12-24-22(28)21-18-27(19-23(21)10-6-3-7-11-23)31(29,30)20-8-4-2-5-9-20/h2,4-5,8-9,21H,3,6-7,10-19H2,1H3,(H,24,28)/t21-/m1/s1. The number of carbonyl (C=O) groups is 1. The van der Waals surface area contributed by atoms with Gasteiger partial charge in [0, 0.05) is 52.4 Å². The minimum Gasteiger partial charge on any atom is -0.355 e. The van der Waals surface area contributed by atoms with Crippen molar-refractivity contribution in [1.82, 2.24) is 19.4 Å². The second-order valence-electron chi connectivity index (χ2n) is 9.52. The number of carbonyl (C=O) groups excluding carboxylic acids is 1. The van der Waals surface area contributed by atoms with E-state index < -0.39 is 10.0 Å². The number of nitrogens with zero attached hydrogens (tertiary/aromatic N) is 3. The van der Waals surface area contributed by atoms with Crippen LogP contribution in [0.4, 0.5) is 0 Å². The van der Waals surface area contributed by atoms with Gasteiger partial charge < -0.3 is 10.2 Å². The van der Waals surface area contributed by atoms with E-state index >= 15 is 0 Å². The maximum atomic E-state index is 13.3. The molecule has 7 nitrogen and oxygen atoms in total. The van der Waals surface area contributed by atoms with Crippen LogP contribution in [-0.4, -0.2) is 87.8 Å². The van der Waals surface area contributed by atoms with Crippen LogP contribution in [0.15, 0.2) is 35.2 Å². The van der Waals surface area contributed by atoms with Crippen molar-refractivity contribution in [2.45, 2.75) is 37.0 Å². The number of hydrogen-bond donors (Lipinski definition) is 1. The van der Waals surface area contributed by atoms with Crippen LogP contribution >= 0.6 is 0 Å². The number of nitrogens with one attached hydrogen (secondary N) is 1. The average molecular weight is 449 g/mol. The fourth-order valence-corrected chi connectivity index (χ4v) is 7.07. The molecule has 172 valence electrons. The Bertz CT molecular complexity index is 847. The summed E-state index contributed by atoms with van der Waals surface area (Å²) in [6.45, 7) is 6.41. The Morgan fingerprint density at radius 3 is 2.42 bits per heavy atom. The molecule has 1 atom stereocenters. The van der Waals surface area contributed by atoms with Crippen LogP contribution in [0.2, 0.25) is 0 Å². The maximum absolute atomic E-state index is 13.3. The normalized spacial score (nSPS) is 25.6. The zero-order chi connectivity index (χ0) is 21.9. The van der Waals surface area contributed by atoms with Crippen LogP contribution in [0.25, 0.3) is 0 Å². The number of amides is 1. The first kappa shape index (κ1) is 22.7. The van der Waals surface area contributed by atoms with Crippen molar-refractivity contribution in [3.63, 3.8) is 0 Å². The molecule has 2 aliphatic heterocycles. The third-order valence-electron chi connectivity index (χ3n) is 7.49. The second kappa shape index (κ2) is 9.57. The molecule has 1 N–H and O–H groups in total. The van der Waals surface area contributed by atoms with Crippen LogP contribution in [-0.2, 0) is 14.8 Å². The highest BCUT2D eigenvalue weighted by Gasteiger charge is 2.53. The molecule has 1 aromatic carbocycles. The van der Waals surface area contributed by atoms with Crippen LogP contribution in [0.3, 0.4) is 0 Å². The Hall–Kier alpha value is -1.48. The first-order valence-corrected chi connectivity index (χ1v) is 13.1. The monoisotopic (exact) mass is 448 g/mol. The van der Waals surface area contributed by atoms with Crippen molar-refractivity contribution >= 4 is 15.9 Å². The molecule has 0 unspecified atom stereocenters. The number of piperazine rings is 1. The SMILES string of the molecule is CN1CCN(CCNC(=O)[C@H]2CN(S(=O)(=O)c3ccccc3)CC23CCCCC3)CC1. The lowest BCUT2D eigenvalue weighted by Gasteiger charge is -2.37. The van der Waals surface area contributed by atoms with Crippen molar-refractivity contribution in [3.05, 3.63) is 30.3 Å². The quantitative estimate of drug-likeness (QED) is 0.716. The molecule has 31 heavy (non-hydrogen) atoms. The van der Waals surface area contributed by atoms with Crippen molar-refractivity contribution in [2.24, 2.45) is 11.3 Å². The topological polar surface area (TPSA) is 73.0 Å². The number of hydrogen-bond acceptors (Lipinski definition) is 5. The Morgan fingerprint density at radius 2 is 1.74 bits per heavy atom. The maximum Gasteiger partial charge on any atom is 0.243 e. The molecule has 3 fully saturated rings. The number of benzene rings is 1. The van der Waals surface area contributed by atoms with Gasteiger partial charge in [0.05, 0.1) is 10.8 Å². The van der Waals surface area contributed by atoms with Gasteiger partial charge in [-0.15, -0.1) is 0 Å². The van der Waals surface area contributed by atoms with Gasteiger partial charge >= 0.3 is 0 Å². The Kier molecular flexibility index (Phi) is 7.01. The van der Waals surface area contributed by atoms with Gasteiger partial charge in [-0.05, 0) is 37.4 Å². The molecule has 1 saturated carbocycles. The van der Waals surface area contributed by atoms with Crippen LogP contribution in [0.1, 0.15) is 32.1 Å². The molecule has 8 heteroatoms. The van der Waals surface area contributed by atoms with Gasteiger partial charge in [0.25, 0.3) is 0 Å². The molecule has 1 amide bonds. The zero-order valence-electron chi connectivity index (χ0n) is 18.6. The smallest absolute Gasteiger partial charge is 0.243 e. The molecule has 1 spiro atoms. The lowest BCUT2D eigenvalue weighted by Crippen LogP contribution is -2.48. The van der Waals surface area contributed by atoms with E-state index in [1.165, 1.54) is 6.42 Å². The molecule has 0 radical (unpaired) electrons. The van der Waals surface area contributed by atoms with Crippen LogP contribution < -0.4 is 5.32 Å². The summed E-state index contributed by atoms with van der Waals surface area (Å²) in [6, 6.07) is 8.62. The summed E-state index contributed by atoms with van der Waals surface area (Å²) in [5.41, 5.74) is -0.224. The molecule has 2 saturated heterocycles. The Balaban J connectivity index is 1.43. The van der Waals surface area contributed by atoms with E-state index in [1.54, 1.807) is 28.6 Å². The summed E-state index contributed by atoms with van der Waals surface area (Å²) < 4.78 is 28.1. The Labute approximate surface area is 186 Å². The highest BCUT2D eigenvalue weighted by molar-refractivity contribution is 7.89. The summed E-state index contributed by atoms with van der Waals surface area (Å²) in [4.78, 5) is 18.3. The predicted octanol–water partition coefficient (Wildman–Crippen LogP) is 1.62. The summed E-state index contributed by atoms with van der Waals surface area (Å²) in [5.74, 6) is -0.236.